The molecule has 0 N–H and O–H groups in total. The van der Waals surface area contributed by atoms with Crippen LogP contribution in [0.1, 0.15) is 0 Å². The molecule has 7 heteroatoms. The van der Waals surface area contributed by atoms with Crippen LogP contribution in [0.25, 0.3) is 11.0 Å². The fourth-order valence-electron chi connectivity index (χ4n) is 2.05. The van der Waals surface area contributed by atoms with Crippen LogP contribution in [0.4, 0.5) is 10.1 Å². The van der Waals surface area contributed by atoms with Gasteiger partial charge in [-0.05, 0) is 42.5 Å². The van der Waals surface area contributed by atoms with E-state index in [0.29, 0.717) is 16.7 Å². The van der Waals surface area contributed by atoms with Crippen LogP contribution in [0.5, 0.6) is 0 Å². The second kappa shape index (κ2) is 5.34. The number of sulfonamides is 1. The third kappa shape index (κ3) is 2.50. The number of rotatable bonds is 3. The van der Waals surface area contributed by atoms with Crippen molar-refractivity contribution in [2.45, 2.75) is 4.90 Å². The van der Waals surface area contributed by atoms with Gasteiger partial charge in [-0.3, -0.25) is 14.3 Å². The summed E-state index contributed by atoms with van der Waals surface area (Å²) < 4.78 is 39.2. The van der Waals surface area contributed by atoms with Gasteiger partial charge in [0, 0.05) is 19.4 Å². The number of benzene rings is 2. The summed E-state index contributed by atoms with van der Waals surface area (Å²) in [4.78, 5) is 8.32. The van der Waals surface area contributed by atoms with Crippen LogP contribution in [0.15, 0.2) is 59.8 Å². The first-order chi connectivity index (χ1) is 10.5. The maximum Gasteiger partial charge on any atom is 0.264 e. The van der Waals surface area contributed by atoms with Gasteiger partial charge in [-0.1, -0.05) is 0 Å². The van der Waals surface area contributed by atoms with Crippen LogP contribution in [0.2, 0.25) is 0 Å². The Morgan fingerprint density at radius 3 is 2.27 bits per heavy atom. The maximum absolute atomic E-state index is 12.9. The van der Waals surface area contributed by atoms with Crippen LogP contribution in [-0.4, -0.2) is 25.4 Å². The van der Waals surface area contributed by atoms with E-state index >= 15 is 0 Å². The minimum absolute atomic E-state index is 0.0237. The van der Waals surface area contributed by atoms with Crippen molar-refractivity contribution in [1.82, 2.24) is 9.97 Å². The van der Waals surface area contributed by atoms with E-state index in [0.717, 1.165) is 16.4 Å². The Bertz CT molecular complexity index is 927. The van der Waals surface area contributed by atoms with Crippen LogP contribution < -0.4 is 4.31 Å². The predicted octanol–water partition coefficient (Wildman–Crippen LogP) is 2.59. The molecular weight excluding hydrogens is 305 g/mol. The highest BCUT2D eigenvalue weighted by atomic mass is 32.2. The van der Waals surface area contributed by atoms with Crippen LogP contribution in [0.3, 0.4) is 0 Å². The molecule has 3 rings (SSSR count). The third-order valence-electron chi connectivity index (χ3n) is 3.29. The molecule has 0 saturated heterocycles. The average Bonchev–Trinajstić information content (AvgIpc) is 2.54. The largest absolute Gasteiger partial charge is 0.269 e. The number of halogens is 1. The van der Waals surface area contributed by atoms with Gasteiger partial charge >= 0.3 is 0 Å². The lowest BCUT2D eigenvalue weighted by Crippen LogP contribution is -2.26. The molecular formula is C15H12FN3O2S. The molecule has 0 atom stereocenters. The van der Waals surface area contributed by atoms with Gasteiger partial charge in [0.1, 0.15) is 5.82 Å². The zero-order chi connectivity index (χ0) is 15.7. The lowest BCUT2D eigenvalue weighted by molar-refractivity contribution is 0.593. The quantitative estimate of drug-likeness (QED) is 0.745. The SMILES string of the molecule is CN(c1ccc2nccnc2c1)S(=O)(=O)c1ccc(F)cc1. The van der Waals surface area contributed by atoms with E-state index < -0.39 is 15.8 Å². The van der Waals surface area contributed by atoms with Gasteiger partial charge in [0.2, 0.25) is 0 Å². The number of fused-ring (bicyclic) bond motifs is 1. The molecule has 3 aromatic rings. The number of anilines is 1. The summed E-state index contributed by atoms with van der Waals surface area (Å²) in [6, 6.07) is 9.71. The molecule has 0 spiro atoms. The van der Waals surface area contributed by atoms with Crippen molar-refractivity contribution in [2.75, 3.05) is 11.4 Å². The number of aromatic nitrogens is 2. The van der Waals surface area contributed by atoms with Gasteiger partial charge in [-0.2, -0.15) is 0 Å². The minimum Gasteiger partial charge on any atom is -0.269 e. The van der Waals surface area contributed by atoms with Crippen LogP contribution in [0, 0.1) is 5.82 Å². The zero-order valence-electron chi connectivity index (χ0n) is 11.6. The summed E-state index contributed by atoms with van der Waals surface area (Å²) in [5.41, 5.74) is 1.73. The maximum atomic E-state index is 12.9. The third-order valence-corrected chi connectivity index (χ3v) is 5.09. The topological polar surface area (TPSA) is 63.2 Å². The first-order valence-electron chi connectivity index (χ1n) is 6.44. The van der Waals surface area contributed by atoms with Gasteiger partial charge in [-0.15, -0.1) is 0 Å². The van der Waals surface area contributed by atoms with E-state index in [4.69, 9.17) is 0 Å². The van der Waals surface area contributed by atoms with Crippen molar-refractivity contribution in [3.63, 3.8) is 0 Å². The lowest BCUT2D eigenvalue weighted by Gasteiger charge is -2.19. The molecule has 0 aliphatic carbocycles. The monoisotopic (exact) mass is 317 g/mol. The summed E-state index contributed by atoms with van der Waals surface area (Å²) >= 11 is 0. The van der Waals surface area contributed by atoms with Crippen molar-refractivity contribution in [2.24, 2.45) is 0 Å². The number of nitrogens with zero attached hydrogens (tertiary/aromatic N) is 3. The molecule has 0 aliphatic heterocycles. The fraction of sp³-hybridized carbons (Fsp3) is 0.0667. The first kappa shape index (κ1) is 14.4. The molecule has 0 unspecified atom stereocenters. The van der Waals surface area contributed by atoms with Crippen molar-refractivity contribution < 1.29 is 12.8 Å². The summed E-state index contributed by atoms with van der Waals surface area (Å²) in [6.07, 6.45) is 3.11. The van der Waals surface area contributed by atoms with E-state index in [9.17, 15) is 12.8 Å². The van der Waals surface area contributed by atoms with E-state index in [1.807, 2.05) is 0 Å². The molecule has 5 nitrogen and oxygen atoms in total. The average molecular weight is 317 g/mol. The zero-order valence-corrected chi connectivity index (χ0v) is 12.5. The van der Waals surface area contributed by atoms with Crippen LogP contribution >= 0.6 is 0 Å². The highest BCUT2D eigenvalue weighted by Crippen LogP contribution is 2.24. The molecule has 0 aliphatic rings. The van der Waals surface area contributed by atoms with Crippen LogP contribution in [-0.2, 0) is 10.0 Å². The molecule has 0 radical (unpaired) electrons. The number of hydrogen-bond acceptors (Lipinski definition) is 4. The van der Waals surface area contributed by atoms with Gasteiger partial charge in [0.05, 0.1) is 21.6 Å². The first-order valence-corrected chi connectivity index (χ1v) is 7.88. The molecule has 0 fully saturated rings. The Balaban J connectivity index is 2.03. The standard InChI is InChI=1S/C15H12FN3O2S/c1-19(22(20,21)13-5-2-11(16)3-6-13)12-4-7-14-15(10-12)18-9-8-17-14/h2-10H,1H3. The van der Waals surface area contributed by atoms with E-state index in [2.05, 4.69) is 9.97 Å². The Morgan fingerprint density at radius 1 is 0.955 bits per heavy atom. The molecule has 1 heterocycles. The molecule has 0 bridgehead atoms. The van der Waals surface area contributed by atoms with E-state index in [1.165, 1.54) is 19.2 Å². The highest BCUT2D eigenvalue weighted by Gasteiger charge is 2.21. The Labute approximate surface area is 127 Å². The summed E-state index contributed by atoms with van der Waals surface area (Å²) in [5, 5.41) is 0. The molecule has 112 valence electrons. The Kier molecular flexibility index (Phi) is 3.50. The highest BCUT2D eigenvalue weighted by molar-refractivity contribution is 7.92. The van der Waals surface area contributed by atoms with Crippen molar-refractivity contribution in [1.29, 1.82) is 0 Å². The number of hydrogen-bond donors (Lipinski definition) is 0. The summed E-state index contributed by atoms with van der Waals surface area (Å²) in [7, 11) is -2.32. The second-order valence-corrected chi connectivity index (χ2v) is 6.63. The summed E-state index contributed by atoms with van der Waals surface area (Å²) in [5.74, 6) is -0.484. The Morgan fingerprint density at radius 2 is 1.59 bits per heavy atom. The van der Waals surface area contributed by atoms with Gasteiger partial charge in [0.15, 0.2) is 0 Å². The van der Waals surface area contributed by atoms with Gasteiger partial charge in [-0.25, -0.2) is 12.8 Å². The van der Waals surface area contributed by atoms with E-state index in [-0.39, 0.29) is 4.90 Å². The van der Waals surface area contributed by atoms with Gasteiger partial charge in [0.25, 0.3) is 10.0 Å². The molecule has 22 heavy (non-hydrogen) atoms. The fourth-order valence-corrected chi connectivity index (χ4v) is 3.24. The normalized spacial score (nSPS) is 11.5. The lowest BCUT2D eigenvalue weighted by atomic mass is 10.2. The smallest absolute Gasteiger partial charge is 0.264 e. The Hall–Kier alpha value is -2.54. The minimum atomic E-state index is -3.76. The molecule has 0 amide bonds. The predicted molar refractivity (Wildman–Crippen MR) is 81.5 cm³/mol. The van der Waals surface area contributed by atoms with E-state index in [1.54, 1.807) is 30.6 Å². The molecule has 0 saturated carbocycles. The molecule has 2 aromatic carbocycles. The van der Waals surface area contributed by atoms with Crippen molar-refractivity contribution in [3.05, 3.63) is 60.7 Å². The summed E-state index contributed by atoms with van der Waals surface area (Å²) in [6.45, 7) is 0. The molecule has 1 aromatic heterocycles. The van der Waals surface area contributed by atoms with Crippen molar-refractivity contribution in [3.8, 4) is 0 Å². The van der Waals surface area contributed by atoms with Crippen molar-refractivity contribution >= 4 is 26.7 Å². The van der Waals surface area contributed by atoms with Gasteiger partial charge < -0.3 is 0 Å². The second-order valence-electron chi connectivity index (χ2n) is 4.66.